The second-order valence-electron chi connectivity index (χ2n) is 7.26. The van der Waals surface area contributed by atoms with Gasteiger partial charge in [0.2, 0.25) is 5.91 Å². The molecule has 3 aromatic carbocycles. The number of carbonyl (C=O) groups excluding carboxylic acids is 2. The lowest BCUT2D eigenvalue weighted by Gasteiger charge is -2.16. The summed E-state index contributed by atoms with van der Waals surface area (Å²) >= 11 is 0. The van der Waals surface area contributed by atoms with Crippen LogP contribution < -0.4 is 10.2 Å². The molecule has 27 heavy (non-hydrogen) atoms. The maximum absolute atomic E-state index is 12.9. The van der Waals surface area contributed by atoms with Gasteiger partial charge in [0, 0.05) is 29.9 Å². The van der Waals surface area contributed by atoms with E-state index in [0.29, 0.717) is 12.0 Å². The van der Waals surface area contributed by atoms with E-state index in [-0.39, 0.29) is 11.8 Å². The third-order valence-electron chi connectivity index (χ3n) is 5.63. The van der Waals surface area contributed by atoms with Gasteiger partial charge in [0.1, 0.15) is 0 Å². The SMILES string of the molecule is O=C(Nc1ccc(N2CCCC2=O)cc1)c1ccc2c3c(cccc13)CC2. The van der Waals surface area contributed by atoms with Gasteiger partial charge in [0.05, 0.1) is 0 Å². The molecule has 1 N–H and O–H groups in total. The molecule has 2 amide bonds. The van der Waals surface area contributed by atoms with E-state index in [1.165, 1.54) is 16.5 Å². The molecular weight excluding hydrogens is 336 g/mol. The fraction of sp³-hybridized carbons (Fsp3) is 0.217. The molecule has 5 rings (SSSR count). The number of rotatable bonds is 3. The Kier molecular flexibility index (Phi) is 3.71. The minimum absolute atomic E-state index is 0.101. The minimum Gasteiger partial charge on any atom is -0.322 e. The quantitative estimate of drug-likeness (QED) is 0.760. The molecule has 4 nitrogen and oxygen atoms in total. The van der Waals surface area contributed by atoms with E-state index in [4.69, 9.17) is 0 Å². The molecule has 3 aromatic rings. The van der Waals surface area contributed by atoms with Crippen LogP contribution in [0.5, 0.6) is 0 Å². The van der Waals surface area contributed by atoms with E-state index >= 15 is 0 Å². The zero-order chi connectivity index (χ0) is 18.4. The predicted molar refractivity (Wildman–Crippen MR) is 107 cm³/mol. The van der Waals surface area contributed by atoms with Crippen LogP contribution in [0.1, 0.15) is 34.3 Å². The lowest BCUT2D eigenvalue weighted by molar-refractivity contribution is -0.117. The van der Waals surface area contributed by atoms with Gasteiger partial charge in [-0.2, -0.15) is 0 Å². The zero-order valence-electron chi connectivity index (χ0n) is 15.0. The number of amides is 2. The number of aryl methyl sites for hydroxylation is 2. The van der Waals surface area contributed by atoms with Crippen molar-refractivity contribution in [2.24, 2.45) is 0 Å². The molecule has 0 atom stereocenters. The maximum Gasteiger partial charge on any atom is 0.256 e. The molecule has 1 fully saturated rings. The second-order valence-corrected chi connectivity index (χ2v) is 7.26. The molecule has 0 bridgehead atoms. The van der Waals surface area contributed by atoms with Crippen LogP contribution >= 0.6 is 0 Å². The molecule has 134 valence electrons. The summed E-state index contributed by atoms with van der Waals surface area (Å²) in [6.07, 6.45) is 3.62. The Morgan fingerprint density at radius 3 is 2.41 bits per heavy atom. The van der Waals surface area contributed by atoms with Gasteiger partial charge < -0.3 is 10.2 Å². The first-order valence-electron chi connectivity index (χ1n) is 9.46. The number of carbonyl (C=O) groups is 2. The van der Waals surface area contributed by atoms with Crippen molar-refractivity contribution in [1.29, 1.82) is 0 Å². The topological polar surface area (TPSA) is 49.4 Å². The minimum atomic E-state index is -0.101. The van der Waals surface area contributed by atoms with Gasteiger partial charge in [-0.15, -0.1) is 0 Å². The van der Waals surface area contributed by atoms with Crippen LogP contribution in [0.15, 0.2) is 54.6 Å². The Hall–Kier alpha value is -3.14. The Morgan fingerprint density at radius 1 is 0.889 bits per heavy atom. The summed E-state index contributed by atoms with van der Waals surface area (Å²) in [7, 11) is 0. The molecule has 1 aliphatic carbocycles. The van der Waals surface area contributed by atoms with Crippen LogP contribution in [-0.2, 0) is 17.6 Å². The van der Waals surface area contributed by atoms with Crippen molar-refractivity contribution in [2.45, 2.75) is 25.7 Å². The van der Waals surface area contributed by atoms with E-state index in [1.807, 2.05) is 42.5 Å². The summed E-state index contributed by atoms with van der Waals surface area (Å²) in [6, 6.07) is 17.7. The fourth-order valence-electron chi connectivity index (χ4n) is 4.29. The van der Waals surface area contributed by atoms with Gasteiger partial charge in [0.15, 0.2) is 0 Å². The van der Waals surface area contributed by atoms with Gasteiger partial charge in [-0.05, 0) is 71.5 Å². The summed E-state index contributed by atoms with van der Waals surface area (Å²) in [5, 5.41) is 5.27. The normalized spacial score (nSPS) is 15.6. The van der Waals surface area contributed by atoms with E-state index in [9.17, 15) is 9.59 Å². The van der Waals surface area contributed by atoms with Crippen molar-refractivity contribution in [3.05, 3.63) is 71.3 Å². The molecular formula is C23H20N2O2. The average molecular weight is 356 g/mol. The summed E-state index contributed by atoms with van der Waals surface area (Å²) in [6.45, 7) is 0.769. The Morgan fingerprint density at radius 2 is 1.67 bits per heavy atom. The van der Waals surface area contributed by atoms with Crippen molar-refractivity contribution in [2.75, 3.05) is 16.8 Å². The smallest absolute Gasteiger partial charge is 0.256 e. The highest BCUT2D eigenvalue weighted by molar-refractivity contribution is 6.14. The molecule has 1 saturated heterocycles. The van der Waals surface area contributed by atoms with E-state index < -0.39 is 0 Å². The third kappa shape index (κ3) is 2.69. The first kappa shape index (κ1) is 16.1. The molecule has 0 saturated carbocycles. The summed E-state index contributed by atoms with van der Waals surface area (Å²) in [5.74, 6) is 0.0651. The first-order chi connectivity index (χ1) is 13.2. The second kappa shape index (κ2) is 6.23. The summed E-state index contributed by atoms with van der Waals surface area (Å²) in [4.78, 5) is 26.6. The number of benzene rings is 3. The lowest BCUT2D eigenvalue weighted by Crippen LogP contribution is -2.23. The average Bonchev–Trinajstić information content (AvgIpc) is 3.30. The predicted octanol–water partition coefficient (Wildman–Crippen LogP) is 4.32. The highest BCUT2D eigenvalue weighted by Crippen LogP contribution is 2.33. The van der Waals surface area contributed by atoms with Crippen molar-refractivity contribution >= 4 is 34.0 Å². The summed E-state index contributed by atoms with van der Waals surface area (Å²) < 4.78 is 0. The van der Waals surface area contributed by atoms with Crippen LogP contribution in [0.25, 0.3) is 10.8 Å². The number of nitrogens with zero attached hydrogens (tertiary/aromatic N) is 1. The number of anilines is 2. The van der Waals surface area contributed by atoms with Gasteiger partial charge in [-0.3, -0.25) is 9.59 Å². The molecule has 1 heterocycles. The largest absolute Gasteiger partial charge is 0.322 e. The molecule has 4 heteroatoms. The van der Waals surface area contributed by atoms with Crippen LogP contribution in [0, 0.1) is 0 Å². The lowest BCUT2D eigenvalue weighted by atomic mass is 9.99. The molecule has 0 spiro atoms. The Balaban J connectivity index is 1.41. The van der Waals surface area contributed by atoms with Crippen LogP contribution in [0.4, 0.5) is 11.4 Å². The Bertz CT molecular complexity index is 1060. The van der Waals surface area contributed by atoms with E-state index in [0.717, 1.165) is 42.6 Å². The van der Waals surface area contributed by atoms with Crippen molar-refractivity contribution < 1.29 is 9.59 Å². The van der Waals surface area contributed by atoms with Gasteiger partial charge in [-0.1, -0.05) is 24.3 Å². The van der Waals surface area contributed by atoms with Crippen molar-refractivity contribution in [3.63, 3.8) is 0 Å². The van der Waals surface area contributed by atoms with Gasteiger partial charge in [0.25, 0.3) is 5.91 Å². The standard InChI is InChI=1S/C23H20N2O2/c26-21-5-2-14-25(21)18-11-9-17(10-12-18)24-23(27)20-13-8-16-7-6-15-3-1-4-19(20)22(15)16/h1,3-4,8-13H,2,5-7,14H2,(H,24,27). The van der Waals surface area contributed by atoms with E-state index in [2.05, 4.69) is 17.4 Å². The fourth-order valence-corrected chi connectivity index (χ4v) is 4.29. The van der Waals surface area contributed by atoms with Gasteiger partial charge >= 0.3 is 0 Å². The maximum atomic E-state index is 12.9. The third-order valence-corrected chi connectivity index (χ3v) is 5.63. The van der Waals surface area contributed by atoms with Crippen molar-refractivity contribution in [3.8, 4) is 0 Å². The highest BCUT2D eigenvalue weighted by atomic mass is 16.2. The number of hydrogen-bond donors (Lipinski definition) is 1. The molecule has 2 aliphatic rings. The monoisotopic (exact) mass is 356 g/mol. The molecule has 0 aromatic heterocycles. The van der Waals surface area contributed by atoms with Crippen LogP contribution in [-0.4, -0.2) is 18.4 Å². The van der Waals surface area contributed by atoms with Crippen LogP contribution in [0.2, 0.25) is 0 Å². The first-order valence-corrected chi connectivity index (χ1v) is 9.46. The van der Waals surface area contributed by atoms with Gasteiger partial charge in [-0.25, -0.2) is 0 Å². The number of nitrogens with one attached hydrogen (secondary N) is 1. The molecule has 0 unspecified atom stereocenters. The highest BCUT2D eigenvalue weighted by Gasteiger charge is 2.22. The van der Waals surface area contributed by atoms with E-state index in [1.54, 1.807) is 4.90 Å². The molecule has 0 radical (unpaired) electrons. The zero-order valence-corrected chi connectivity index (χ0v) is 15.0. The van der Waals surface area contributed by atoms with Crippen LogP contribution in [0.3, 0.4) is 0 Å². The summed E-state index contributed by atoms with van der Waals surface area (Å²) in [5.41, 5.74) is 4.99. The number of hydrogen-bond acceptors (Lipinski definition) is 2. The Labute approximate surface area is 157 Å². The van der Waals surface area contributed by atoms with Crippen molar-refractivity contribution in [1.82, 2.24) is 0 Å². The molecule has 1 aliphatic heterocycles.